The van der Waals surface area contributed by atoms with Gasteiger partial charge >= 0.3 is 0 Å². The molecule has 0 radical (unpaired) electrons. The van der Waals surface area contributed by atoms with Crippen molar-refractivity contribution in [2.75, 3.05) is 0 Å². The number of aromatic hydroxyl groups is 1. The second-order valence-electron chi connectivity index (χ2n) is 7.70. The van der Waals surface area contributed by atoms with Gasteiger partial charge in [0.05, 0.1) is 11.4 Å². The number of phenols is 1. The number of pyridine rings is 1. The molecule has 0 amide bonds. The van der Waals surface area contributed by atoms with Gasteiger partial charge in [-0.3, -0.25) is 9.78 Å². The van der Waals surface area contributed by atoms with E-state index >= 15 is 0 Å². The van der Waals surface area contributed by atoms with Gasteiger partial charge in [0.1, 0.15) is 17.2 Å². The van der Waals surface area contributed by atoms with Gasteiger partial charge in [-0.15, -0.1) is 0 Å². The third-order valence-corrected chi connectivity index (χ3v) is 5.24. The molecule has 0 atom stereocenters. The van der Waals surface area contributed by atoms with Gasteiger partial charge in [0.25, 0.3) is 0 Å². The molecule has 4 aromatic rings. The number of rotatable bonds is 6. The van der Waals surface area contributed by atoms with Crippen molar-refractivity contribution in [3.63, 3.8) is 0 Å². The Bertz CT molecular complexity index is 1240. The van der Waals surface area contributed by atoms with Crippen LogP contribution in [0, 0.1) is 13.8 Å². The first kappa shape index (κ1) is 20.4. The van der Waals surface area contributed by atoms with E-state index in [0.717, 1.165) is 16.7 Å². The minimum atomic E-state index is 0.0675. The van der Waals surface area contributed by atoms with E-state index < -0.39 is 0 Å². The van der Waals surface area contributed by atoms with Crippen molar-refractivity contribution in [3.05, 3.63) is 95.4 Å². The fourth-order valence-corrected chi connectivity index (χ4v) is 3.61. The Morgan fingerprint density at radius 3 is 2.52 bits per heavy atom. The molecule has 0 saturated heterocycles. The fourth-order valence-electron chi connectivity index (χ4n) is 3.61. The van der Waals surface area contributed by atoms with E-state index in [1.807, 2.05) is 74.1 Å². The quantitative estimate of drug-likeness (QED) is 0.417. The predicted octanol–water partition coefficient (Wildman–Crippen LogP) is 5.63. The maximum Gasteiger partial charge on any atom is 0.183 e. The lowest BCUT2D eigenvalue weighted by Crippen LogP contribution is -2.09. The van der Waals surface area contributed by atoms with Crippen LogP contribution in [0.3, 0.4) is 0 Å². The summed E-state index contributed by atoms with van der Waals surface area (Å²) in [5, 5.41) is 10.2. The van der Waals surface area contributed by atoms with Crippen LogP contribution in [0.5, 0.6) is 17.2 Å². The molecule has 31 heavy (non-hydrogen) atoms. The molecule has 2 aromatic heterocycles. The molecule has 0 aliphatic carbocycles. The van der Waals surface area contributed by atoms with Crippen molar-refractivity contribution in [2.45, 2.75) is 20.3 Å². The lowest BCUT2D eigenvalue weighted by Gasteiger charge is -2.12. The number of Topliss-reactive ketones (excluding diaryl/α,β-unsaturated/α-hetero) is 1. The lowest BCUT2D eigenvalue weighted by molar-refractivity contribution is 0.0985. The molecule has 2 aromatic carbocycles. The number of carbonyl (C=O) groups is 1. The van der Waals surface area contributed by atoms with Crippen LogP contribution in [0.15, 0.2) is 73.1 Å². The number of nitrogens with zero attached hydrogens (tertiary/aromatic N) is 2. The Kier molecular flexibility index (Phi) is 5.58. The molecule has 0 aliphatic heterocycles. The Hall–Kier alpha value is -3.86. The van der Waals surface area contributed by atoms with Gasteiger partial charge in [-0.1, -0.05) is 12.1 Å². The summed E-state index contributed by atoms with van der Waals surface area (Å²) in [6, 6.07) is 18.2. The first-order chi connectivity index (χ1) is 14.9. The second-order valence-corrected chi connectivity index (χ2v) is 7.70. The summed E-state index contributed by atoms with van der Waals surface area (Å²) in [7, 11) is 1.89. The molecule has 0 aliphatic rings. The number of aryl methyl sites for hydroxylation is 3. The third kappa shape index (κ3) is 4.51. The Morgan fingerprint density at radius 2 is 1.81 bits per heavy atom. The number of hydrogen-bond acceptors (Lipinski definition) is 4. The van der Waals surface area contributed by atoms with E-state index in [2.05, 4.69) is 4.98 Å². The van der Waals surface area contributed by atoms with E-state index in [4.69, 9.17) is 4.74 Å². The number of hydrogen-bond donors (Lipinski definition) is 1. The summed E-state index contributed by atoms with van der Waals surface area (Å²) in [6.45, 7) is 3.97. The summed E-state index contributed by atoms with van der Waals surface area (Å²) < 4.78 is 7.91. The zero-order valence-corrected chi connectivity index (χ0v) is 17.8. The molecule has 5 heteroatoms. The van der Waals surface area contributed by atoms with Crippen molar-refractivity contribution in [1.82, 2.24) is 9.55 Å². The van der Waals surface area contributed by atoms with Crippen molar-refractivity contribution in [3.8, 4) is 28.5 Å². The van der Waals surface area contributed by atoms with Crippen LogP contribution in [-0.2, 0) is 13.5 Å². The van der Waals surface area contributed by atoms with Gasteiger partial charge in [-0.25, -0.2) is 0 Å². The molecule has 4 rings (SSSR count). The minimum Gasteiger partial charge on any atom is -0.507 e. The topological polar surface area (TPSA) is 64.3 Å². The van der Waals surface area contributed by atoms with E-state index in [1.165, 1.54) is 0 Å². The Morgan fingerprint density at radius 1 is 1.03 bits per heavy atom. The molecule has 0 saturated carbocycles. The van der Waals surface area contributed by atoms with Gasteiger partial charge in [-0.05, 0) is 79.1 Å². The zero-order valence-electron chi connectivity index (χ0n) is 17.8. The van der Waals surface area contributed by atoms with Crippen LogP contribution >= 0.6 is 0 Å². The predicted molar refractivity (Wildman–Crippen MR) is 121 cm³/mol. The SMILES string of the molecule is Cc1cc(C(=O)Cc2cc(Oc3ccc(O)c(-c4ccccn4)c3)ccc2C)n(C)c1. The van der Waals surface area contributed by atoms with Gasteiger partial charge in [0, 0.05) is 31.4 Å². The van der Waals surface area contributed by atoms with Gasteiger partial charge in [0.2, 0.25) is 0 Å². The van der Waals surface area contributed by atoms with Crippen molar-refractivity contribution >= 4 is 5.78 Å². The molecule has 1 N–H and O–H groups in total. The lowest BCUT2D eigenvalue weighted by atomic mass is 10.0. The van der Waals surface area contributed by atoms with Gasteiger partial charge in [0.15, 0.2) is 5.78 Å². The van der Waals surface area contributed by atoms with Crippen LogP contribution in [-0.4, -0.2) is 20.4 Å². The molecule has 0 unspecified atom stereocenters. The van der Waals surface area contributed by atoms with Crippen LogP contribution in [0.4, 0.5) is 0 Å². The number of carbonyl (C=O) groups excluding carboxylic acids is 1. The number of ether oxygens (including phenoxy) is 1. The molecule has 2 heterocycles. The monoisotopic (exact) mass is 412 g/mol. The highest BCUT2D eigenvalue weighted by atomic mass is 16.5. The highest BCUT2D eigenvalue weighted by Crippen LogP contribution is 2.33. The van der Waals surface area contributed by atoms with Gasteiger partial charge in [-0.2, -0.15) is 0 Å². The summed E-state index contributed by atoms with van der Waals surface area (Å²) in [5.41, 5.74) is 4.98. The normalized spacial score (nSPS) is 10.8. The number of benzene rings is 2. The zero-order chi connectivity index (χ0) is 22.0. The summed E-state index contributed by atoms with van der Waals surface area (Å²) in [5.74, 6) is 1.42. The third-order valence-electron chi connectivity index (χ3n) is 5.24. The second kappa shape index (κ2) is 8.48. The largest absolute Gasteiger partial charge is 0.507 e. The molecule has 0 fully saturated rings. The minimum absolute atomic E-state index is 0.0675. The summed E-state index contributed by atoms with van der Waals surface area (Å²) in [6.07, 6.45) is 3.93. The molecular formula is C26H24N2O3. The Labute approximate surface area is 181 Å². The number of phenolic OH excluding ortho intramolecular Hbond substituents is 1. The highest BCUT2D eigenvalue weighted by molar-refractivity contribution is 5.96. The maximum absolute atomic E-state index is 12.8. The standard InChI is InChI=1S/C26H24N2O3/c1-17-12-24(28(3)16-17)26(30)14-19-13-20(8-7-18(19)2)31-21-9-10-25(29)22(15-21)23-6-4-5-11-27-23/h4-13,15-16,29H,14H2,1-3H3. The van der Waals surface area contributed by atoms with Crippen molar-refractivity contribution in [1.29, 1.82) is 0 Å². The van der Waals surface area contributed by atoms with Crippen LogP contribution in [0.2, 0.25) is 0 Å². The highest BCUT2D eigenvalue weighted by Gasteiger charge is 2.14. The summed E-state index contributed by atoms with van der Waals surface area (Å²) in [4.78, 5) is 17.1. The molecule has 0 bridgehead atoms. The molecule has 156 valence electrons. The molecular weight excluding hydrogens is 388 g/mol. The number of ketones is 1. The van der Waals surface area contributed by atoms with E-state index in [1.54, 1.807) is 24.4 Å². The Balaban J connectivity index is 1.58. The first-order valence-corrected chi connectivity index (χ1v) is 10.1. The van der Waals surface area contributed by atoms with Crippen molar-refractivity contribution < 1.29 is 14.6 Å². The molecule has 5 nitrogen and oxygen atoms in total. The van der Waals surface area contributed by atoms with E-state index in [9.17, 15) is 9.90 Å². The van der Waals surface area contributed by atoms with Crippen LogP contribution < -0.4 is 4.74 Å². The van der Waals surface area contributed by atoms with E-state index in [-0.39, 0.29) is 11.5 Å². The van der Waals surface area contributed by atoms with Crippen molar-refractivity contribution in [2.24, 2.45) is 7.05 Å². The number of aromatic nitrogens is 2. The maximum atomic E-state index is 12.8. The summed E-state index contributed by atoms with van der Waals surface area (Å²) >= 11 is 0. The first-order valence-electron chi connectivity index (χ1n) is 10.1. The fraction of sp³-hybridized carbons (Fsp3) is 0.154. The van der Waals surface area contributed by atoms with Crippen LogP contribution in [0.1, 0.15) is 27.2 Å². The smallest absolute Gasteiger partial charge is 0.183 e. The molecule has 0 spiro atoms. The van der Waals surface area contributed by atoms with E-state index in [0.29, 0.717) is 34.9 Å². The van der Waals surface area contributed by atoms with Crippen LogP contribution in [0.25, 0.3) is 11.3 Å². The van der Waals surface area contributed by atoms with Gasteiger partial charge < -0.3 is 14.4 Å². The average Bonchev–Trinajstić information content (AvgIpc) is 3.10. The average molecular weight is 412 g/mol.